The average molecular weight is 356 g/mol. The van der Waals surface area contributed by atoms with Crippen LogP contribution in [0.1, 0.15) is 10.4 Å². The summed E-state index contributed by atoms with van der Waals surface area (Å²) in [5.74, 6) is -0.284. The molecule has 4 rings (SSSR count). The lowest BCUT2D eigenvalue weighted by molar-refractivity contribution is -0.143. The molecule has 0 radical (unpaired) electrons. The van der Waals surface area contributed by atoms with Crippen LogP contribution < -0.4 is 4.90 Å². The summed E-state index contributed by atoms with van der Waals surface area (Å²) < 4.78 is 6.65. The molecule has 0 aliphatic carbocycles. The molecule has 1 fully saturated rings. The summed E-state index contributed by atoms with van der Waals surface area (Å²) >= 11 is 3.28. The maximum Gasteiger partial charge on any atom is 0.331 e. The van der Waals surface area contributed by atoms with Gasteiger partial charge < -0.3 is 9.64 Å². The predicted molar refractivity (Wildman–Crippen MR) is 99.8 cm³/mol. The number of carbonyl (C=O) groups excluding carboxylic acids is 1. The fourth-order valence-corrected chi connectivity index (χ4v) is 4.30. The highest BCUT2D eigenvalue weighted by atomic mass is 32.1. The molecule has 0 spiro atoms. The number of esters is 1. The fraction of sp³-hybridized carbons (Fsp3) is 0.222. The van der Waals surface area contributed by atoms with Gasteiger partial charge in [-0.05, 0) is 36.1 Å². The minimum Gasteiger partial charge on any atom is -0.455 e. The Morgan fingerprint density at radius 3 is 2.96 bits per heavy atom. The summed E-state index contributed by atoms with van der Waals surface area (Å²) in [6, 6.07) is 10.1. The van der Waals surface area contributed by atoms with Gasteiger partial charge in [0.25, 0.3) is 0 Å². The molecule has 6 heteroatoms. The number of hydrogen-bond acceptors (Lipinski definition) is 6. The molecule has 4 nitrogen and oxygen atoms in total. The molecule has 0 bridgehead atoms. The average Bonchev–Trinajstić information content (AvgIpc) is 3.18. The van der Waals surface area contributed by atoms with E-state index in [9.17, 15) is 4.79 Å². The Bertz CT molecular complexity index is 893. The van der Waals surface area contributed by atoms with Crippen LogP contribution in [0.2, 0.25) is 0 Å². The van der Waals surface area contributed by atoms with E-state index in [0.717, 1.165) is 15.5 Å². The number of aryl methyl sites for hydroxylation is 1. The van der Waals surface area contributed by atoms with Crippen molar-refractivity contribution >= 4 is 50.1 Å². The van der Waals surface area contributed by atoms with Crippen LogP contribution in [0.25, 0.3) is 16.3 Å². The molecular weight excluding hydrogens is 340 g/mol. The van der Waals surface area contributed by atoms with Gasteiger partial charge >= 0.3 is 5.97 Å². The van der Waals surface area contributed by atoms with Crippen LogP contribution in [0.4, 0.5) is 5.13 Å². The first kappa shape index (κ1) is 15.4. The smallest absolute Gasteiger partial charge is 0.331 e. The molecule has 1 aliphatic rings. The maximum absolute atomic E-state index is 11.8. The standard InChI is InChI=1S/C18H16N2O2S2/c1-12-4-2-6-15-17(12)19-18(24-15)20-10-13(11-20)22-16(21)8-7-14-5-3-9-23-14/h2-9,13H,10-11H2,1H3. The minimum absolute atomic E-state index is 0.0569. The van der Waals surface area contributed by atoms with Gasteiger partial charge in [0.15, 0.2) is 5.13 Å². The van der Waals surface area contributed by atoms with Gasteiger partial charge in [0.05, 0.1) is 23.3 Å². The maximum atomic E-state index is 11.8. The Hall–Kier alpha value is -2.18. The third-order valence-corrected chi connectivity index (χ3v) is 5.86. The monoisotopic (exact) mass is 356 g/mol. The molecule has 0 unspecified atom stereocenters. The number of thiophene rings is 1. The van der Waals surface area contributed by atoms with E-state index in [2.05, 4.69) is 30.0 Å². The van der Waals surface area contributed by atoms with E-state index < -0.39 is 0 Å². The Morgan fingerprint density at radius 2 is 2.21 bits per heavy atom. The van der Waals surface area contributed by atoms with E-state index in [1.807, 2.05) is 17.5 Å². The van der Waals surface area contributed by atoms with Crippen LogP contribution in [-0.2, 0) is 9.53 Å². The van der Waals surface area contributed by atoms with Gasteiger partial charge in [-0.1, -0.05) is 29.5 Å². The van der Waals surface area contributed by atoms with Crippen molar-refractivity contribution in [1.82, 2.24) is 4.98 Å². The summed E-state index contributed by atoms with van der Waals surface area (Å²) in [6.45, 7) is 3.49. The van der Waals surface area contributed by atoms with E-state index in [-0.39, 0.29) is 12.1 Å². The molecule has 1 aromatic carbocycles. The first-order chi connectivity index (χ1) is 11.7. The van der Waals surface area contributed by atoms with Gasteiger partial charge in [0.1, 0.15) is 6.10 Å². The number of aromatic nitrogens is 1. The Morgan fingerprint density at radius 1 is 1.33 bits per heavy atom. The highest BCUT2D eigenvalue weighted by Gasteiger charge is 2.31. The lowest BCUT2D eigenvalue weighted by atomic mass is 10.2. The second-order valence-electron chi connectivity index (χ2n) is 5.73. The molecule has 1 saturated heterocycles. The molecule has 0 atom stereocenters. The van der Waals surface area contributed by atoms with E-state index in [1.54, 1.807) is 28.7 Å². The Kier molecular flexibility index (Phi) is 4.08. The highest BCUT2D eigenvalue weighted by Crippen LogP contribution is 2.33. The van der Waals surface area contributed by atoms with Crippen molar-refractivity contribution in [3.8, 4) is 0 Å². The number of nitrogens with zero attached hydrogens (tertiary/aromatic N) is 2. The van der Waals surface area contributed by atoms with E-state index in [0.29, 0.717) is 13.1 Å². The van der Waals surface area contributed by atoms with Crippen molar-refractivity contribution in [3.05, 3.63) is 52.2 Å². The van der Waals surface area contributed by atoms with Crippen molar-refractivity contribution in [2.75, 3.05) is 18.0 Å². The lowest BCUT2D eigenvalue weighted by Gasteiger charge is -2.37. The number of thiazole rings is 1. The largest absolute Gasteiger partial charge is 0.455 e. The summed E-state index contributed by atoms with van der Waals surface area (Å²) in [4.78, 5) is 19.7. The third-order valence-electron chi connectivity index (χ3n) is 3.94. The predicted octanol–water partition coefficient (Wildman–Crippen LogP) is 4.11. The van der Waals surface area contributed by atoms with Crippen LogP contribution in [0, 0.1) is 6.92 Å². The molecule has 24 heavy (non-hydrogen) atoms. The topological polar surface area (TPSA) is 42.4 Å². The van der Waals surface area contributed by atoms with E-state index in [1.165, 1.54) is 16.3 Å². The Balaban J connectivity index is 1.34. The molecule has 0 N–H and O–H groups in total. The van der Waals surface area contributed by atoms with Crippen molar-refractivity contribution in [2.24, 2.45) is 0 Å². The number of hydrogen-bond donors (Lipinski definition) is 0. The van der Waals surface area contributed by atoms with Crippen molar-refractivity contribution in [3.63, 3.8) is 0 Å². The number of rotatable bonds is 4. The molecule has 122 valence electrons. The summed E-state index contributed by atoms with van der Waals surface area (Å²) in [5, 5.41) is 2.98. The van der Waals surface area contributed by atoms with E-state index >= 15 is 0 Å². The van der Waals surface area contributed by atoms with Crippen molar-refractivity contribution in [1.29, 1.82) is 0 Å². The van der Waals surface area contributed by atoms with Gasteiger partial charge in [-0.15, -0.1) is 11.3 Å². The van der Waals surface area contributed by atoms with Gasteiger partial charge in [-0.2, -0.15) is 0 Å². The SMILES string of the molecule is Cc1cccc2sc(N3CC(OC(=O)C=Cc4cccs4)C3)nc12. The van der Waals surface area contributed by atoms with Crippen LogP contribution in [-0.4, -0.2) is 30.1 Å². The minimum atomic E-state index is -0.284. The zero-order valence-corrected chi connectivity index (χ0v) is 14.8. The molecular formula is C18H16N2O2S2. The number of anilines is 1. The first-order valence-corrected chi connectivity index (χ1v) is 9.42. The second kappa shape index (κ2) is 6.37. The van der Waals surface area contributed by atoms with Gasteiger partial charge in [-0.3, -0.25) is 0 Å². The molecule has 3 heterocycles. The van der Waals surface area contributed by atoms with Gasteiger partial charge in [-0.25, -0.2) is 9.78 Å². The third kappa shape index (κ3) is 3.07. The van der Waals surface area contributed by atoms with Crippen LogP contribution in [0.5, 0.6) is 0 Å². The zero-order chi connectivity index (χ0) is 16.5. The summed E-state index contributed by atoms with van der Waals surface area (Å²) in [7, 11) is 0. The number of para-hydroxylation sites is 1. The molecule has 0 amide bonds. The van der Waals surface area contributed by atoms with Crippen LogP contribution in [0.15, 0.2) is 41.8 Å². The molecule has 1 aliphatic heterocycles. The van der Waals surface area contributed by atoms with Crippen molar-refractivity contribution < 1.29 is 9.53 Å². The normalized spacial score (nSPS) is 15.1. The van der Waals surface area contributed by atoms with Gasteiger partial charge in [0.2, 0.25) is 0 Å². The molecule has 3 aromatic rings. The molecule has 2 aromatic heterocycles. The quantitative estimate of drug-likeness (QED) is 0.521. The zero-order valence-electron chi connectivity index (χ0n) is 13.1. The van der Waals surface area contributed by atoms with Crippen molar-refractivity contribution in [2.45, 2.75) is 13.0 Å². The molecule has 0 saturated carbocycles. The summed E-state index contributed by atoms with van der Waals surface area (Å²) in [5.41, 5.74) is 2.26. The number of carbonyl (C=O) groups is 1. The first-order valence-electron chi connectivity index (χ1n) is 7.72. The number of ether oxygens (including phenoxy) is 1. The highest BCUT2D eigenvalue weighted by molar-refractivity contribution is 7.22. The number of benzene rings is 1. The van der Waals surface area contributed by atoms with Crippen LogP contribution >= 0.6 is 22.7 Å². The van der Waals surface area contributed by atoms with Crippen LogP contribution in [0.3, 0.4) is 0 Å². The lowest BCUT2D eigenvalue weighted by Crippen LogP contribution is -2.52. The second-order valence-corrected chi connectivity index (χ2v) is 7.72. The fourth-order valence-electron chi connectivity index (χ4n) is 2.62. The Labute approximate surface area is 148 Å². The number of fused-ring (bicyclic) bond motifs is 1. The van der Waals surface area contributed by atoms with E-state index in [4.69, 9.17) is 9.72 Å². The summed E-state index contributed by atoms with van der Waals surface area (Å²) in [6.07, 6.45) is 3.23. The van der Waals surface area contributed by atoms with Gasteiger partial charge in [0, 0.05) is 11.0 Å².